The Morgan fingerprint density at radius 2 is 1.05 bits per heavy atom. The molecule has 1 fully saturated rings. The van der Waals surface area contributed by atoms with E-state index in [-0.39, 0.29) is 18.9 Å². The number of hydrogen-bond donors (Lipinski definition) is 7. The molecule has 0 spiro atoms. The van der Waals surface area contributed by atoms with E-state index in [1.54, 1.807) is 0 Å². The molecule has 14 nitrogen and oxygen atoms in total. The monoisotopic (exact) mass is 875 g/mol. The highest BCUT2D eigenvalue weighted by Gasteiger charge is 2.51. The Hall–Kier alpha value is -2.23. The highest BCUT2D eigenvalue weighted by Crippen LogP contribution is 2.47. The second-order valence-electron chi connectivity index (χ2n) is 15.7. The molecule has 1 saturated carbocycles. The highest BCUT2D eigenvalue weighted by atomic mass is 31.2. The van der Waals surface area contributed by atoms with Crippen molar-refractivity contribution in [2.24, 2.45) is 0 Å². The van der Waals surface area contributed by atoms with Crippen LogP contribution in [0.25, 0.3) is 0 Å². The third-order valence-corrected chi connectivity index (χ3v) is 11.2. The maximum Gasteiger partial charge on any atom is 0.472 e. The molecule has 15 heteroatoms. The summed E-state index contributed by atoms with van der Waals surface area (Å²) >= 11 is 0. The summed E-state index contributed by atoms with van der Waals surface area (Å²) in [6.45, 7) is 3.08. The number of phosphoric ester groups is 1. The first-order chi connectivity index (χ1) is 28.8. The number of carbonyl (C=O) groups excluding carboxylic acids is 2. The molecule has 1 aliphatic carbocycles. The van der Waals surface area contributed by atoms with Crippen LogP contribution < -0.4 is 0 Å². The van der Waals surface area contributed by atoms with Crippen LogP contribution in [0, 0.1) is 0 Å². The molecule has 7 N–H and O–H groups in total. The largest absolute Gasteiger partial charge is 0.472 e. The van der Waals surface area contributed by atoms with Gasteiger partial charge in [0.15, 0.2) is 6.10 Å². The number of aliphatic hydroxyl groups is 6. The SMILES string of the molecule is CCCCCCCCCCCCCCCC(=O)OC[C@H](COP(=O)(O)OC1[C@H](O)[C@H](O)C(O)[C@H](O)[C@H]1O)OC(=O)CCC/C=C\C/C=C\C/C=C\C/C=C\[C@H](O)CCCC. The first-order valence-electron chi connectivity index (χ1n) is 22.5. The maximum absolute atomic E-state index is 12.8. The van der Waals surface area contributed by atoms with Gasteiger partial charge in [0.25, 0.3) is 0 Å². The van der Waals surface area contributed by atoms with E-state index in [1.165, 1.54) is 57.8 Å². The summed E-state index contributed by atoms with van der Waals surface area (Å²) in [7, 11) is -5.14. The third kappa shape index (κ3) is 27.7. The normalized spacial score (nSPS) is 23.1. The Kier molecular flexibility index (Phi) is 32.8. The van der Waals surface area contributed by atoms with Crippen LogP contribution in [0.1, 0.15) is 162 Å². The average Bonchev–Trinajstić information content (AvgIpc) is 3.22. The van der Waals surface area contributed by atoms with Gasteiger partial charge in [-0.2, -0.15) is 0 Å². The Morgan fingerprint density at radius 3 is 1.60 bits per heavy atom. The number of aliphatic hydroxyl groups excluding tert-OH is 6. The molecule has 0 aromatic carbocycles. The number of phosphoric acid groups is 1. The zero-order valence-electron chi connectivity index (χ0n) is 36.4. The molecule has 0 aromatic heterocycles. The molecule has 0 amide bonds. The van der Waals surface area contributed by atoms with Crippen LogP contribution in [0.4, 0.5) is 0 Å². The summed E-state index contributed by atoms with van der Waals surface area (Å²) in [6, 6.07) is 0. The van der Waals surface area contributed by atoms with Crippen molar-refractivity contribution in [2.45, 2.75) is 210 Å². The zero-order chi connectivity index (χ0) is 44.4. The van der Waals surface area contributed by atoms with Gasteiger partial charge < -0.3 is 45.0 Å². The lowest BCUT2D eigenvalue weighted by atomic mass is 9.85. The van der Waals surface area contributed by atoms with Gasteiger partial charge in [-0.15, -0.1) is 0 Å². The Morgan fingerprint density at radius 1 is 0.583 bits per heavy atom. The quantitative estimate of drug-likeness (QED) is 0.0141. The van der Waals surface area contributed by atoms with E-state index < -0.39 is 75.7 Å². The molecule has 0 aromatic rings. The van der Waals surface area contributed by atoms with Gasteiger partial charge in [-0.3, -0.25) is 18.6 Å². The first-order valence-corrected chi connectivity index (χ1v) is 24.0. The van der Waals surface area contributed by atoms with Crippen molar-refractivity contribution in [2.75, 3.05) is 13.2 Å². The second kappa shape index (κ2) is 35.3. The summed E-state index contributed by atoms with van der Waals surface area (Å²) in [6.07, 6.45) is 23.6. The van der Waals surface area contributed by atoms with Crippen LogP contribution in [0.2, 0.25) is 0 Å². The molecule has 0 heterocycles. The third-order valence-electron chi connectivity index (χ3n) is 10.2. The minimum atomic E-state index is -5.14. The number of hydrogen-bond acceptors (Lipinski definition) is 13. The fraction of sp³-hybridized carbons (Fsp3) is 0.778. The van der Waals surface area contributed by atoms with Gasteiger partial charge in [-0.25, -0.2) is 4.57 Å². The van der Waals surface area contributed by atoms with Gasteiger partial charge >= 0.3 is 19.8 Å². The van der Waals surface area contributed by atoms with Crippen LogP contribution in [-0.2, 0) is 32.7 Å². The first kappa shape index (κ1) is 55.8. The van der Waals surface area contributed by atoms with Gasteiger partial charge in [0, 0.05) is 12.8 Å². The molecular formula is C45H79O14P. The molecule has 1 rings (SSSR count). The van der Waals surface area contributed by atoms with Crippen LogP contribution in [0.5, 0.6) is 0 Å². The van der Waals surface area contributed by atoms with E-state index in [4.69, 9.17) is 18.5 Å². The minimum absolute atomic E-state index is 0.00427. The van der Waals surface area contributed by atoms with Gasteiger partial charge in [0.05, 0.1) is 12.7 Å². The standard InChI is InChI=1S/C45H79O14P/c1-3-5-7-8-9-10-11-12-16-19-22-25-28-32-38(47)56-34-37(35-57-60(54,55)59-45-43(52)41(50)40(49)42(51)44(45)53)58-39(48)33-29-26-23-20-17-14-13-15-18-21-24-27-31-36(46)30-6-4-2/h13-14,18,20-21,23,27,31,36-37,40-46,49-53H,3-12,15-17,19,22,24-26,28-30,32-35H2,1-2H3,(H,54,55)/b14-13-,21-18-,23-20-,31-27-/t36-,37-,40?,41-,42+,43-,44-,45?/m1/s1. The number of ether oxygens (including phenoxy) is 2. The van der Waals surface area contributed by atoms with Crippen molar-refractivity contribution >= 4 is 19.8 Å². The van der Waals surface area contributed by atoms with E-state index in [2.05, 4.69) is 32.1 Å². The van der Waals surface area contributed by atoms with E-state index in [0.717, 1.165) is 57.8 Å². The molecule has 60 heavy (non-hydrogen) atoms. The van der Waals surface area contributed by atoms with Gasteiger partial charge in [-0.05, 0) is 44.9 Å². The summed E-state index contributed by atoms with van der Waals surface area (Å²) in [5, 5.41) is 59.9. The molecule has 1 aliphatic rings. The predicted molar refractivity (Wildman–Crippen MR) is 232 cm³/mol. The molecule has 3 unspecified atom stereocenters. The maximum atomic E-state index is 12.8. The zero-order valence-corrected chi connectivity index (χ0v) is 37.2. The Bertz CT molecular complexity index is 1260. The molecule has 348 valence electrons. The molecule has 0 aliphatic heterocycles. The molecule has 9 atom stereocenters. The number of carbonyl (C=O) groups is 2. The Balaban J connectivity index is 2.53. The van der Waals surface area contributed by atoms with Gasteiger partial charge in [0.1, 0.15) is 43.2 Å². The smallest absolute Gasteiger partial charge is 0.462 e. The summed E-state index contributed by atoms with van der Waals surface area (Å²) in [5.41, 5.74) is 0. The molecule has 0 saturated heterocycles. The number of esters is 2. The predicted octanol–water partition coefficient (Wildman–Crippen LogP) is 7.36. The second-order valence-corrected chi connectivity index (χ2v) is 17.1. The fourth-order valence-corrected chi connectivity index (χ4v) is 7.51. The molecule has 0 radical (unpaired) electrons. The minimum Gasteiger partial charge on any atom is -0.462 e. The van der Waals surface area contributed by atoms with Crippen molar-refractivity contribution in [3.05, 3.63) is 48.6 Å². The van der Waals surface area contributed by atoms with Crippen LogP contribution in [0.3, 0.4) is 0 Å². The van der Waals surface area contributed by atoms with E-state index in [1.807, 2.05) is 30.4 Å². The van der Waals surface area contributed by atoms with Gasteiger partial charge in [-0.1, -0.05) is 152 Å². The van der Waals surface area contributed by atoms with Crippen molar-refractivity contribution in [3.8, 4) is 0 Å². The van der Waals surface area contributed by atoms with E-state index >= 15 is 0 Å². The lowest BCUT2D eigenvalue weighted by Gasteiger charge is -2.41. The number of unbranched alkanes of at least 4 members (excludes halogenated alkanes) is 14. The Labute approximate surface area is 359 Å². The summed E-state index contributed by atoms with van der Waals surface area (Å²) < 4.78 is 33.4. The van der Waals surface area contributed by atoms with Crippen LogP contribution >= 0.6 is 7.82 Å². The topological polar surface area (TPSA) is 230 Å². The number of allylic oxidation sites excluding steroid dienone is 7. The van der Waals surface area contributed by atoms with Crippen molar-refractivity contribution in [1.29, 1.82) is 0 Å². The average molecular weight is 875 g/mol. The molecular weight excluding hydrogens is 795 g/mol. The van der Waals surface area contributed by atoms with Crippen molar-refractivity contribution in [3.63, 3.8) is 0 Å². The summed E-state index contributed by atoms with van der Waals surface area (Å²) in [4.78, 5) is 35.6. The van der Waals surface area contributed by atoms with E-state index in [0.29, 0.717) is 19.3 Å². The van der Waals surface area contributed by atoms with Crippen molar-refractivity contribution < 1.29 is 68.2 Å². The number of rotatable bonds is 36. The van der Waals surface area contributed by atoms with E-state index in [9.17, 15) is 49.7 Å². The van der Waals surface area contributed by atoms with Crippen LogP contribution in [-0.4, -0.2) is 110 Å². The summed E-state index contributed by atoms with van der Waals surface area (Å²) in [5.74, 6) is -1.19. The van der Waals surface area contributed by atoms with Crippen molar-refractivity contribution in [1.82, 2.24) is 0 Å². The van der Waals surface area contributed by atoms with Gasteiger partial charge in [0.2, 0.25) is 0 Å². The highest BCUT2D eigenvalue weighted by molar-refractivity contribution is 7.47. The lowest BCUT2D eigenvalue weighted by molar-refractivity contribution is -0.220. The fourth-order valence-electron chi connectivity index (χ4n) is 6.53. The lowest BCUT2D eigenvalue weighted by Crippen LogP contribution is -2.64. The van der Waals surface area contributed by atoms with Crippen LogP contribution in [0.15, 0.2) is 48.6 Å². The molecule has 0 bridgehead atoms.